The summed E-state index contributed by atoms with van der Waals surface area (Å²) in [6.07, 6.45) is 2.01. The molecule has 0 saturated carbocycles. The van der Waals surface area contributed by atoms with E-state index in [-0.39, 0.29) is 0 Å². The number of rotatable bonds is 4. The van der Waals surface area contributed by atoms with Crippen molar-refractivity contribution in [1.82, 2.24) is 19.1 Å². The SMILES string of the molecule is c1ccc(-c2nc3cc(-c4cc(-n5c6ccccc6c6ccccc65)cc(-n5c6ccccc6c6ccccc65)c4)cnc3c3c2ccc2c4ccccc4oc23)cc1. The van der Waals surface area contributed by atoms with Crippen LogP contribution in [0, 0.1) is 0 Å². The van der Waals surface area contributed by atoms with E-state index >= 15 is 0 Å². The Bertz CT molecular complexity index is 3610. The molecule has 0 atom stereocenters. The second-order valence-corrected chi connectivity index (χ2v) is 15.4. The van der Waals surface area contributed by atoms with E-state index in [4.69, 9.17) is 14.4 Å². The molecule has 0 saturated heterocycles. The summed E-state index contributed by atoms with van der Waals surface area (Å²) in [7, 11) is 0. The van der Waals surface area contributed by atoms with Gasteiger partial charge in [-0.15, -0.1) is 0 Å². The predicted molar refractivity (Wildman–Crippen MR) is 244 cm³/mol. The van der Waals surface area contributed by atoms with Gasteiger partial charge in [-0.2, -0.15) is 0 Å². The average Bonchev–Trinajstić information content (AvgIpc) is 3.97. The van der Waals surface area contributed by atoms with E-state index in [0.29, 0.717) is 0 Å². The van der Waals surface area contributed by atoms with Gasteiger partial charge in [0.2, 0.25) is 0 Å². The Morgan fingerprint density at radius 1 is 0.390 bits per heavy atom. The van der Waals surface area contributed by atoms with Crippen LogP contribution in [0.5, 0.6) is 0 Å². The van der Waals surface area contributed by atoms with Crippen molar-refractivity contribution in [2.75, 3.05) is 0 Å². The molecular formula is C54H32N4O. The Morgan fingerprint density at radius 2 is 0.898 bits per heavy atom. The molecule has 274 valence electrons. The summed E-state index contributed by atoms with van der Waals surface area (Å²) in [5.41, 5.74) is 14.0. The quantitative estimate of drug-likeness (QED) is 0.168. The third-order valence-electron chi connectivity index (χ3n) is 12.1. The van der Waals surface area contributed by atoms with Gasteiger partial charge in [-0.3, -0.25) is 4.98 Å². The number of hydrogen-bond acceptors (Lipinski definition) is 3. The van der Waals surface area contributed by atoms with Crippen LogP contribution >= 0.6 is 0 Å². The zero-order valence-electron chi connectivity index (χ0n) is 31.7. The average molecular weight is 753 g/mol. The van der Waals surface area contributed by atoms with Crippen LogP contribution in [0.4, 0.5) is 0 Å². The summed E-state index contributed by atoms with van der Waals surface area (Å²) >= 11 is 0. The molecule has 59 heavy (non-hydrogen) atoms. The molecule has 5 heteroatoms. The molecular weight excluding hydrogens is 721 g/mol. The number of fused-ring (bicyclic) bond motifs is 13. The van der Waals surface area contributed by atoms with Gasteiger partial charge in [0.05, 0.1) is 38.7 Å². The Labute approximate surface area is 337 Å². The number of para-hydroxylation sites is 5. The molecule has 5 aromatic heterocycles. The number of aromatic nitrogens is 4. The molecule has 13 rings (SSSR count). The van der Waals surface area contributed by atoms with E-state index in [1.165, 1.54) is 21.5 Å². The standard InChI is InChI=1S/C54H32N4O/c1-2-14-33(15-3-1)52-44-27-26-43-42-20-8-13-25-50(42)59-54(43)51(44)53-45(56-52)30-35(32-55-53)34-28-36(57-46-21-9-4-16-38(46)39-17-5-10-22-47(39)57)31-37(29-34)58-48-23-11-6-18-40(48)41-19-7-12-24-49(41)58/h1-32H. The highest BCUT2D eigenvalue weighted by Gasteiger charge is 2.21. The maximum atomic E-state index is 6.66. The van der Waals surface area contributed by atoms with E-state index in [1.807, 2.05) is 24.4 Å². The van der Waals surface area contributed by atoms with Gasteiger partial charge in [0, 0.05) is 66.4 Å². The fourth-order valence-corrected chi connectivity index (χ4v) is 9.53. The summed E-state index contributed by atoms with van der Waals surface area (Å²) < 4.78 is 11.5. The van der Waals surface area contributed by atoms with Crippen molar-refractivity contribution < 1.29 is 4.42 Å². The fourth-order valence-electron chi connectivity index (χ4n) is 9.53. The fraction of sp³-hybridized carbons (Fsp3) is 0. The third kappa shape index (κ3) is 4.67. The highest BCUT2D eigenvalue weighted by Crippen LogP contribution is 2.42. The van der Waals surface area contributed by atoms with Crippen LogP contribution in [0.15, 0.2) is 199 Å². The second kappa shape index (κ2) is 12.2. The van der Waals surface area contributed by atoms with Gasteiger partial charge in [0.15, 0.2) is 0 Å². The second-order valence-electron chi connectivity index (χ2n) is 15.4. The van der Waals surface area contributed by atoms with E-state index in [1.54, 1.807) is 0 Å². The molecule has 5 heterocycles. The van der Waals surface area contributed by atoms with Gasteiger partial charge < -0.3 is 13.6 Å². The summed E-state index contributed by atoms with van der Waals surface area (Å²) in [4.78, 5) is 10.7. The van der Waals surface area contributed by atoms with Crippen molar-refractivity contribution in [3.63, 3.8) is 0 Å². The van der Waals surface area contributed by atoms with E-state index in [2.05, 4.69) is 179 Å². The van der Waals surface area contributed by atoms with Gasteiger partial charge in [-0.25, -0.2) is 4.98 Å². The maximum Gasteiger partial charge on any atom is 0.145 e. The first-order valence-corrected chi connectivity index (χ1v) is 20.0. The van der Waals surface area contributed by atoms with Crippen LogP contribution < -0.4 is 0 Å². The van der Waals surface area contributed by atoms with Crippen molar-refractivity contribution in [1.29, 1.82) is 0 Å². The molecule has 0 unspecified atom stereocenters. The minimum atomic E-state index is 0.808. The normalized spacial score (nSPS) is 12.1. The lowest BCUT2D eigenvalue weighted by Gasteiger charge is -2.16. The van der Waals surface area contributed by atoms with Crippen LogP contribution in [-0.2, 0) is 0 Å². The number of nitrogens with zero attached hydrogens (tertiary/aromatic N) is 4. The van der Waals surface area contributed by atoms with Crippen molar-refractivity contribution in [2.24, 2.45) is 0 Å². The smallest absolute Gasteiger partial charge is 0.145 e. The number of hydrogen-bond donors (Lipinski definition) is 0. The van der Waals surface area contributed by atoms with Crippen molar-refractivity contribution in [3.05, 3.63) is 194 Å². The minimum absolute atomic E-state index is 0.808. The Morgan fingerprint density at radius 3 is 1.49 bits per heavy atom. The highest BCUT2D eigenvalue weighted by atomic mass is 16.3. The van der Waals surface area contributed by atoms with E-state index in [9.17, 15) is 0 Å². The lowest BCUT2D eigenvalue weighted by atomic mass is 9.98. The Balaban J connectivity index is 1.13. The molecule has 5 nitrogen and oxygen atoms in total. The maximum absolute atomic E-state index is 6.66. The van der Waals surface area contributed by atoms with Gasteiger partial charge in [-0.05, 0) is 66.2 Å². The van der Waals surface area contributed by atoms with Gasteiger partial charge in [0.1, 0.15) is 16.7 Å². The Kier molecular flexibility index (Phi) is 6.66. The summed E-state index contributed by atoms with van der Waals surface area (Å²) in [5.74, 6) is 0. The van der Waals surface area contributed by atoms with Gasteiger partial charge >= 0.3 is 0 Å². The number of furan rings is 1. The lowest BCUT2D eigenvalue weighted by molar-refractivity contribution is 0.673. The lowest BCUT2D eigenvalue weighted by Crippen LogP contribution is -2.00. The molecule has 0 bridgehead atoms. The van der Waals surface area contributed by atoms with Crippen molar-refractivity contribution in [2.45, 2.75) is 0 Å². The van der Waals surface area contributed by atoms with Crippen LogP contribution in [0.1, 0.15) is 0 Å². The van der Waals surface area contributed by atoms with Gasteiger partial charge in [-0.1, -0.05) is 127 Å². The molecule has 0 N–H and O–H groups in total. The zero-order chi connectivity index (χ0) is 38.6. The molecule has 8 aromatic carbocycles. The first-order valence-electron chi connectivity index (χ1n) is 20.0. The third-order valence-corrected chi connectivity index (χ3v) is 12.1. The first-order chi connectivity index (χ1) is 29.3. The van der Waals surface area contributed by atoms with Crippen LogP contribution in [0.3, 0.4) is 0 Å². The van der Waals surface area contributed by atoms with E-state index < -0.39 is 0 Å². The summed E-state index contributed by atoms with van der Waals surface area (Å²) in [5, 5.41) is 9.03. The largest absolute Gasteiger partial charge is 0.455 e. The summed E-state index contributed by atoms with van der Waals surface area (Å²) in [6.45, 7) is 0. The predicted octanol–water partition coefficient (Wildman–Crippen LogP) is 14.2. The van der Waals surface area contributed by atoms with Crippen LogP contribution in [0.2, 0.25) is 0 Å². The first kappa shape index (κ1) is 32.1. The van der Waals surface area contributed by atoms with Crippen LogP contribution in [0.25, 0.3) is 121 Å². The molecule has 0 amide bonds. The highest BCUT2D eigenvalue weighted by molar-refractivity contribution is 6.24. The zero-order valence-corrected chi connectivity index (χ0v) is 31.7. The topological polar surface area (TPSA) is 48.8 Å². The minimum Gasteiger partial charge on any atom is -0.455 e. The molecule has 0 radical (unpaired) electrons. The van der Waals surface area contributed by atoms with Crippen LogP contribution in [-0.4, -0.2) is 19.1 Å². The monoisotopic (exact) mass is 752 g/mol. The number of pyridine rings is 2. The van der Waals surface area contributed by atoms with E-state index in [0.717, 1.165) is 99.6 Å². The molecule has 0 aliphatic heterocycles. The molecule has 0 spiro atoms. The van der Waals surface area contributed by atoms with Crippen molar-refractivity contribution in [3.8, 4) is 33.8 Å². The molecule has 13 aromatic rings. The van der Waals surface area contributed by atoms with Crippen molar-refractivity contribution >= 4 is 87.4 Å². The summed E-state index contributed by atoms with van der Waals surface area (Å²) in [6, 6.07) is 66.9. The molecule has 0 aliphatic rings. The van der Waals surface area contributed by atoms with Gasteiger partial charge in [0.25, 0.3) is 0 Å². The molecule has 0 fully saturated rings. The number of benzene rings is 8. The Hall–Kier alpha value is -8.02. The molecule has 0 aliphatic carbocycles.